The molecule has 0 aromatic heterocycles. The highest BCUT2D eigenvalue weighted by Crippen LogP contribution is 2.38. The molecule has 1 heterocycles. The maximum absolute atomic E-state index is 3.96. The molecule has 0 amide bonds. The number of likely N-dealkylation sites (tertiary alicyclic amines) is 1. The average molecular weight is 295 g/mol. The average Bonchev–Trinajstić information content (AvgIpc) is 3.03. The lowest BCUT2D eigenvalue weighted by atomic mass is 9.71. The quantitative estimate of drug-likeness (QED) is 0.746. The van der Waals surface area contributed by atoms with Gasteiger partial charge in [-0.1, -0.05) is 33.1 Å². The van der Waals surface area contributed by atoms with E-state index in [9.17, 15) is 0 Å². The van der Waals surface area contributed by atoms with Gasteiger partial charge in [0.15, 0.2) is 0 Å². The molecule has 1 N–H and O–H groups in total. The van der Waals surface area contributed by atoms with Crippen LogP contribution < -0.4 is 5.32 Å². The van der Waals surface area contributed by atoms with Gasteiger partial charge in [-0.05, 0) is 77.4 Å². The number of rotatable bonds is 7. The van der Waals surface area contributed by atoms with Crippen molar-refractivity contribution in [2.24, 2.45) is 11.8 Å². The number of nitrogens with one attached hydrogen (secondary N) is 1. The normalized spacial score (nSPS) is 29.7. The lowest BCUT2D eigenvalue weighted by Gasteiger charge is -2.48. The van der Waals surface area contributed by atoms with Gasteiger partial charge in [-0.2, -0.15) is 0 Å². The maximum Gasteiger partial charge on any atom is 0.0308 e. The molecular weight excluding hydrogens is 256 g/mol. The molecule has 0 bridgehead atoms. The second-order valence-corrected chi connectivity index (χ2v) is 7.98. The van der Waals surface area contributed by atoms with Crippen LogP contribution in [0.3, 0.4) is 0 Å². The number of hydrogen-bond acceptors (Lipinski definition) is 2. The van der Waals surface area contributed by atoms with E-state index in [4.69, 9.17) is 0 Å². The van der Waals surface area contributed by atoms with Crippen LogP contribution in [0.4, 0.5) is 0 Å². The topological polar surface area (TPSA) is 15.3 Å². The molecule has 3 atom stereocenters. The first kappa shape index (κ1) is 17.3. The van der Waals surface area contributed by atoms with Gasteiger partial charge in [0.25, 0.3) is 0 Å². The van der Waals surface area contributed by atoms with Crippen LogP contribution >= 0.6 is 0 Å². The third kappa shape index (κ3) is 4.22. The van der Waals surface area contributed by atoms with Crippen molar-refractivity contribution in [1.29, 1.82) is 0 Å². The minimum Gasteiger partial charge on any atom is -0.312 e. The first-order chi connectivity index (χ1) is 10.1. The third-order valence-corrected chi connectivity index (χ3v) is 6.17. The largest absolute Gasteiger partial charge is 0.312 e. The fourth-order valence-electron chi connectivity index (χ4n) is 4.79. The van der Waals surface area contributed by atoms with Gasteiger partial charge in [0.05, 0.1) is 0 Å². The second-order valence-electron chi connectivity index (χ2n) is 7.98. The molecule has 1 saturated heterocycles. The summed E-state index contributed by atoms with van der Waals surface area (Å²) >= 11 is 0. The lowest BCUT2D eigenvalue weighted by Crippen LogP contribution is -2.60. The molecule has 0 spiro atoms. The molecule has 2 nitrogen and oxygen atoms in total. The van der Waals surface area contributed by atoms with Crippen molar-refractivity contribution in [3.63, 3.8) is 0 Å². The van der Waals surface area contributed by atoms with Crippen LogP contribution in [0.1, 0.15) is 79.1 Å². The SMILES string of the molecule is CCCNC(C1CCCC(CC)C1)C(C)(C)N1CCCC1. The van der Waals surface area contributed by atoms with Crippen molar-refractivity contribution in [2.45, 2.75) is 90.6 Å². The Kier molecular flexibility index (Phi) is 6.55. The molecule has 1 aliphatic carbocycles. The van der Waals surface area contributed by atoms with Gasteiger partial charge in [-0.25, -0.2) is 0 Å². The molecule has 21 heavy (non-hydrogen) atoms. The van der Waals surface area contributed by atoms with Crippen LogP contribution in [0.25, 0.3) is 0 Å². The molecule has 1 aliphatic heterocycles. The summed E-state index contributed by atoms with van der Waals surface area (Å²) in [5, 5.41) is 3.96. The first-order valence-corrected chi connectivity index (χ1v) is 9.58. The summed E-state index contributed by atoms with van der Waals surface area (Å²) in [5.74, 6) is 1.86. The fourth-order valence-corrected chi connectivity index (χ4v) is 4.79. The zero-order chi connectivity index (χ0) is 15.3. The number of nitrogens with zero attached hydrogens (tertiary/aromatic N) is 1. The van der Waals surface area contributed by atoms with E-state index < -0.39 is 0 Å². The predicted molar refractivity (Wildman–Crippen MR) is 92.7 cm³/mol. The Balaban J connectivity index is 2.08. The molecular formula is C19H38N2. The Hall–Kier alpha value is -0.0800. The van der Waals surface area contributed by atoms with E-state index in [1.807, 2.05) is 0 Å². The van der Waals surface area contributed by atoms with Gasteiger partial charge in [-0.15, -0.1) is 0 Å². The summed E-state index contributed by atoms with van der Waals surface area (Å²) in [7, 11) is 0. The van der Waals surface area contributed by atoms with Crippen LogP contribution in [-0.2, 0) is 0 Å². The first-order valence-electron chi connectivity index (χ1n) is 9.58. The predicted octanol–water partition coefficient (Wildman–Crippen LogP) is 4.45. The monoisotopic (exact) mass is 294 g/mol. The van der Waals surface area contributed by atoms with E-state index in [0.29, 0.717) is 11.6 Å². The zero-order valence-corrected chi connectivity index (χ0v) is 15.0. The summed E-state index contributed by atoms with van der Waals surface area (Å²) in [6.45, 7) is 13.5. The smallest absolute Gasteiger partial charge is 0.0308 e. The van der Waals surface area contributed by atoms with Crippen LogP contribution in [-0.4, -0.2) is 36.1 Å². The molecule has 124 valence electrons. The van der Waals surface area contributed by atoms with Gasteiger partial charge in [0.2, 0.25) is 0 Å². The van der Waals surface area contributed by atoms with E-state index in [0.717, 1.165) is 11.8 Å². The minimum absolute atomic E-state index is 0.311. The summed E-state index contributed by atoms with van der Waals surface area (Å²) in [4.78, 5) is 2.76. The van der Waals surface area contributed by atoms with Gasteiger partial charge in [0, 0.05) is 11.6 Å². The van der Waals surface area contributed by atoms with Crippen molar-refractivity contribution >= 4 is 0 Å². The standard InChI is InChI=1S/C19H38N2/c1-5-12-20-18(17-11-9-10-16(6-2)15-17)19(3,4)21-13-7-8-14-21/h16-18,20H,5-15H2,1-4H3. The molecule has 2 fully saturated rings. The molecule has 3 unspecified atom stereocenters. The van der Waals surface area contributed by atoms with E-state index in [1.165, 1.54) is 71.0 Å². The molecule has 1 saturated carbocycles. The van der Waals surface area contributed by atoms with E-state index >= 15 is 0 Å². The summed E-state index contributed by atoms with van der Waals surface area (Å²) < 4.78 is 0. The highest BCUT2D eigenvalue weighted by Gasteiger charge is 2.41. The Bertz CT molecular complexity index is 294. The van der Waals surface area contributed by atoms with Gasteiger partial charge in [-0.3, -0.25) is 4.90 Å². The molecule has 2 aliphatic rings. The number of hydrogen-bond donors (Lipinski definition) is 1. The minimum atomic E-state index is 0.311. The highest BCUT2D eigenvalue weighted by molar-refractivity contribution is 4.99. The van der Waals surface area contributed by atoms with Crippen molar-refractivity contribution in [2.75, 3.05) is 19.6 Å². The van der Waals surface area contributed by atoms with Crippen molar-refractivity contribution in [3.8, 4) is 0 Å². The van der Waals surface area contributed by atoms with Crippen molar-refractivity contribution in [1.82, 2.24) is 10.2 Å². The molecule has 0 radical (unpaired) electrons. The summed E-state index contributed by atoms with van der Waals surface area (Å²) in [6.07, 6.45) is 11.2. The lowest BCUT2D eigenvalue weighted by molar-refractivity contribution is 0.0565. The van der Waals surface area contributed by atoms with E-state index in [2.05, 4.69) is 37.9 Å². The third-order valence-electron chi connectivity index (χ3n) is 6.17. The van der Waals surface area contributed by atoms with Gasteiger partial charge < -0.3 is 5.32 Å². The van der Waals surface area contributed by atoms with Crippen LogP contribution in [0.15, 0.2) is 0 Å². The second kappa shape index (κ2) is 7.97. The molecule has 2 rings (SSSR count). The van der Waals surface area contributed by atoms with Crippen LogP contribution in [0, 0.1) is 11.8 Å². The summed E-state index contributed by atoms with van der Waals surface area (Å²) in [5.41, 5.74) is 0.311. The fraction of sp³-hybridized carbons (Fsp3) is 1.00. The van der Waals surface area contributed by atoms with Crippen molar-refractivity contribution < 1.29 is 0 Å². The van der Waals surface area contributed by atoms with Crippen molar-refractivity contribution in [3.05, 3.63) is 0 Å². The molecule has 2 heteroatoms. The highest BCUT2D eigenvalue weighted by atomic mass is 15.2. The molecule has 0 aromatic carbocycles. The van der Waals surface area contributed by atoms with Crippen LogP contribution in [0.2, 0.25) is 0 Å². The maximum atomic E-state index is 3.96. The van der Waals surface area contributed by atoms with E-state index in [-0.39, 0.29) is 0 Å². The Morgan fingerprint density at radius 1 is 1.10 bits per heavy atom. The van der Waals surface area contributed by atoms with Crippen LogP contribution in [0.5, 0.6) is 0 Å². The molecule has 0 aromatic rings. The van der Waals surface area contributed by atoms with E-state index in [1.54, 1.807) is 0 Å². The Morgan fingerprint density at radius 2 is 1.81 bits per heavy atom. The Labute approximate surface area is 133 Å². The van der Waals surface area contributed by atoms with Gasteiger partial charge in [0.1, 0.15) is 0 Å². The zero-order valence-electron chi connectivity index (χ0n) is 15.0. The van der Waals surface area contributed by atoms with Gasteiger partial charge >= 0.3 is 0 Å². The Morgan fingerprint density at radius 3 is 2.43 bits per heavy atom. The summed E-state index contributed by atoms with van der Waals surface area (Å²) in [6, 6.07) is 0.671.